The van der Waals surface area contributed by atoms with Gasteiger partial charge in [0.1, 0.15) is 11.6 Å². The van der Waals surface area contributed by atoms with Gasteiger partial charge >= 0.3 is 0 Å². The molecular weight excluding hydrogens is 594 g/mol. The SMILES string of the molecule is COC1N(c2c(Br)cc(F)cc2Br)CCN1c1c(Br)cc(F)cc1Br. The van der Waals surface area contributed by atoms with Gasteiger partial charge in [0.25, 0.3) is 0 Å². The number of nitrogens with zero attached hydrogens (tertiary/aromatic N) is 2. The lowest BCUT2D eigenvalue weighted by Crippen LogP contribution is -2.41. The van der Waals surface area contributed by atoms with E-state index < -0.39 is 6.35 Å². The van der Waals surface area contributed by atoms with Gasteiger partial charge in [0.15, 0.2) is 0 Å². The Morgan fingerprint density at radius 1 is 0.800 bits per heavy atom. The normalized spacial score (nSPS) is 15.3. The van der Waals surface area contributed by atoms with Crippen LogP contribution in [-0.4, -0.2) is 26.6 Å². The fourth-order valence-corrected chi connectivity index (χ4v) is 6.09. The van der Waals surface area contributed by atoms with Crippen molar-refractivity contribution in [3.8, 4) is 0 Å². The van der Waals surface area contributed by atoms with Gasteiger partial charge in [-0.25, -0.2) is 8.78 Å². The maximum atomic E-state index is 13.6. The summed E-state index contributed by atoms with van der Waals surface area (Å²) in [5.74, 6) is -0.673. The Labute approximate surface area is 177 Å². The van der Waals surface area contributed by atoms with Crippen molar-refractivity contribution in [1.82, 2.24) is 0 Å². The third-order valence-electron chi connectivity index (χ3n) is 3.86. The molecule has 3 nitrogen and oxygen atoms in total. The van der Waals surface area contributed by atoms with Crippen molar-refractivity contribution >= 4 is 75.1 Å². The van der Waals surface area contributed by atoms with E-state index in [1.54, 1.807) is 7.11 Å². The molecule has 1 saturated heterocycles. The summed E-state index contributed by atoms with van der Waals surface area (Å²) in [6.07, 6.45) is -0.434. The van der Waals surface area contributed by atoms with Crippen LogP contribution in [0.4, 0.5) is 20.2 Å². The van der Waals surface area contributed by atoms with Gasteiger partial charge in [-0.15, -0.1) is 0 Å². The second kappa shape index (κ2) is 7.80. The van der Waals surface area contributed by atoms with Crippen molar-refractivity contribution in [3.05, 3.63) is 53.8 Å². The molecule has 1 fully saturated rings. The van der Waals surface area contributed by atoms with Crippen molar-refractivity contribution < 1.29 is 13.5 Å². The van der Waals surface area contributed by atoms with Crippen molar-refractivity contribution in [1.29, 1.82) is 0 Å². The number of hydrogen-bond acceptors (Lipinski definition) is 3. The Hall–Kier alpha value is -0.220. The van der Waals surface area contributed by atoms with E-state index in [0.29, 0.717) is 31.0 Å². The molecule has 3 rings (SSSR count). The first-order chi connectivity index (χ1) is 11.8. The second-order valence-electron chi connectivity index (χ2n) is 5.38. The van der Waals surface area contributed by atoms with Gasteiger partial charge in [0, 0.05) is 38.1 Å². The van der Waals surface area contributed by atoms with Crippen LogP contribution in [0.2, 0.25) is 0 Å². The van der Waals surface area contributed by atoms with Gasteiger partial charge in [-0.05, 0) is 88.0 Å². The number of anilines is 2. The van der Waals surface area contributed by atoms with E-state index in [1.165, 1.54) is 24.3 Å². The summed E-state index contributed by atoms with van der Waals surface area (Å²) in [6.45, 7) is 1.30. The van der Waals surface area contributed by atoms with Gasteiger partial charge < -0.3 is 14.5 Å². The van der Waals surface area contributed by atoms with E-state index in [-0.39, 0.29) is 11.6 Å². The number of ether oxygens (including phenoxy) is 1. The highest BCUT2D eigenvalue weighted by atomic mass is 79.9. The van der Waals surface area contributed by atoms with Crippen molar-refractivity contribution in [2.75, 3.05) is 30.0 Å². The van der Waals surface area contributed by atoms with Crippen LogP contribution < -0.4 is 9.80 Å². The van der Waals surface area contributed by atoms with Crippen LogP contribution in [0.25, 0.3) is 0 Å². The average molecular weight is 606 g/mol. The number of rotatable bonds is 3. The van der Waals surface area contributed by atoms with E-state index in [2.05, 4.69) is 63.7 Å². The molecule has 0 bridgehead atoms. The summed E-state index contributed by atoms with van der Waals surface area (Å²) >= 11 is 13.7. The fraction of sp³-hybridized carbons (Fsp3) is 0.250. The summed E-state index contributed by atoms with van der Waals surface area (Å²) in [7, 11) is 1.60. The fourth-order valence-electron chi connectivity index (χ4n) is 2.92. The van der Waals surface area contributed by atoms with Gasteiger partial charge in [-0.1, -0.05) is 0 Å². The minimum atomic E-state index is -0.434. The number of methoxy groups -OCH3 is 1. The van der Waals surface area contributed by atoms with Crippen LogP contribution in [0.1, 0.15) is 0 Å². The molecule has 2 aromatic rings. The monoisotopic (exact) mass is 602 g/mol. The van der Waals surface area contributed by atoms with Crippen molar-refractivity contribution in [2.45, 2.75) is 6.35 Å². The highest BCUT2D eigenvalue weighted by Gasteiger charge is 2.36. The molecule has 1 aliphatic rings. The summed E-state index contributed by atoms with van der Waals surface area (Å²) in [5, 5.41) is 0. The molecule has 0 atom stereocenters. The molecule has 0 aromatic heterocycles. The quantitative estimate of drug-likeness (QED) is 0.410. The lowest BCUT2D eigenvalue weighted by atomic mass is 10.3. The van der Waals surface area contributed by atoms with Crippen molar-refractivity contribution in [3.63, 3.8) is 0 Å². The Bertz CT molecular complexity index is 709. The molecule has 0 N–H and O–H groups in total. The zero-order chi connectivity index (χ0) is 18.3. The predicted octanol–water partition coefficient (Wildman–Crippen LogP) is 6.27. The van der Waals surface area contributed by atoms with Crippen LogP contribution in [0.5, 0.6) is 0 Å². The largest absolute Gasteiger partial charge is 0.344 e. The molecule has 1 aliphatic heterocycles. The van der Waals surface area contributed by atoms with Crippen LogP contribution in [0.15, 0.2) is 42.2 Å². The highest BCUT2D eigenvalue weighted by Crippen LogP contribution is 2.42. The minimum Gasteiger partial charge on any atom is -0.344 e. The third kappa shape index (κ3) is 3.76. The highest BCUT2D eigenvalue weighted by molar-refractivity contribution is 9.11. The van der Waals surface area contributed by atoms with Crippen molar-refractivity contribution in [2.24, 2.45) is 0 Å². The Kier molecular flexibility index (Phi) is 6.09. The van der Waals surface area contributed by atoms with Crippen LogP contribution in [0.3, 0.4) is 0 Å². The summed E-state index contributed by atoms with van der Waals surface area (Å²) in [4.78, 5) is 4.02. The lowest BCUT2D eigenvalue weighted by Gasteiger charge is -2.33. The topological polar surface area (TPSA) is 15.7 Å². The smallest absolute Gasteiger partial charge is 0.210 e. The van der Waals surface area contributed by atoms with E-state index in [9.17, 15) is 8.78 Å². The van der Waals surface area contributed by atoms with Crippen LogP contribution in [-0.2, 0) is 4.74 Å². The van der Waals surface area contributed by atoms with Gasteiger partial charge in [-0.2, -0.15) is 0 Å². The molecule has 134 valence electrons. The Balaban J connectivity index is 2.03. The zero-order valence-electron chi connectivity index (χ0n) is 12.9. The molecule has 0 radical (unpaired) electrons. The zero-order valence-corrected chi connectivity index (χ0v) is 19.2. The molecule has 0 unspecified atom stereocenters. The average Bonchev–Trinajstić information content (AvgIpc) is 2.88. The van der Waals surface area contributed by atoms with E-state index in [4.69, 9.17) is 4.74 Å². The Morgan fingerprint density at radius 3 is 1.40 bits per heavy atom. The summed E-state index contributed by atoms with van der Waals surface area (Å²) in [5.41, 5.74) is 1.59. The predicted molar refractivity (Wildman–Crippen MR) is 109 cm³/mol. The van der Waals surface area contributed by atoms with E-state index in [1.807, 2.05) is 9.80 Å². The van der Waals surface area contributed by atoms with E-state index >= 15 is 0 Å². The second-order valence-corrected chi connectivity index (χ2v) is 8.80. The maximum Gasteiger partial charge on any atom is 0.210 e. The molecule has 0 spiro atoms. The third-order valence-corrected chi connectivity index (χ3v) is 6.28. The molecule has 0 saturated carbocycles. The first-order valence-electron chi connectivity index (χ1n) is 7.18. The molecule has 0 aliphatic carbocycles. The van der Waals surface area contributed by atoms with Gasteiger partial charge in [0.05, 0.1) is 11.4 Å². The summed E-state index contributed by atoms with van der Waals surface area (Å²) < 4.78 is 35.4. The van der Waals surface area contributed by atoms with Gasteiger partial charge in [0.2, 0.25) is 6.35 Å². The molecule has 0 amide bonds. The first-order valence-corrected chi connectivity index (χ1v) is 10.4. The summed E-state index contributed by atoms with van der Waals surface area (Å²) in [6, 6.07) is 5.66. The lowest BCUT2D eigenvalue weighted by molar-refractivity contribution is 0.113. The van der Waals surface area contributed by atoms with Crippen LogP contribution in [0, 0.1) is 11.6 Å². The number of halogens is 6. The molecular formula is C16H12Br4F2N2O. The number of benzene rings is 2. The molecule has 25 heavy (non-hydrogen) atoms. The standard InChI is InChI=1S/C16H12Br4F2N2O/c1-25-16-23(14-10(17)4-8(21)5-11(14)18)2-3-24(16)15-12(19)6-9(22)7-13(15)20/h4-7,16H,2-3H2,1H3. The maximum absolute atomic E-state index is 13.6. The number of hydrogen-bond donors (Lipinski definition) is 0. The Morgan fingerprint density at radius 2 is 1.12 bits per heavy atom. The first kappa shape index (κ1) is 19.5. The van der Waals surface area contributed by atoms with Gasteiger partial charge in [-0.3, -0.25) is 0 Å². The molecule has 9 heteroatoms. The molecule has 1 heterocycles. The van der Waals surface area contributed by atoms with Crippen LogP contribution >= 0.6 is 63.7 Å². The van der Waals surface area contributed by atoms with E-state index in [0.717, 1.165) is 11.4 Å². The molecule has 2 aromatic carbocycles. The minimum absolute atomic E-state index is 0.337.